The molecular formula is C20H24N3OS+. The molecule has 4 N–H and O–H groups in total. The maximum absolute atomic E-state index is 12.2. The van der Waals surface area contributed by atoms with E-state index in [2.05, 4.69) is 63.6 Å². The van der Waals surface area contributed by atoms with E-state index in [9.17, 15) is 4.79 Å². The van der Waals surface area contributed by atoms with Crippen LogP contribution in [-0.2, 0) is 4.79 Å². The molecular weight excluding hydrogens is 330 g/mol. The number of hydrogen-bond acceptors (Lipinski definition) is 2. The third-order valence-electron chi connectivity index (χ3n) is 4.95. The van der Waals surface area contributed by atoms with Gasteiger partial charge in [-0.15, -0.1) is 11.3 Å². The number of para-hydroxylation sites is 1. The van der Waals surface area contributed by atoms with Crippen molar-refractivity contribution in [3.8, 4) is 0 Å². The van der Waals surface area contributed by atoms with E-state index in [1.807, 2.05) is 6.92 Å². The SMILES string of the molecule is C[C@@H]([NH2+]C[C@H](c1cccs1)c1c[nH]c2ccccc12)C(=O)NC1CC1. The molecule has 1 fully saturated rings. The predicted octanol–water partition coefficient (Wildman–Crippen LogP) is 2.59. The van der Waals surface area contributed by atoms with Crippen LogP contribution in [0.15, 0.2) is 48.0 Å². The lowest BCUT2D eigenvalue weighted by atomic mass is 9.96. The molecule has 1 aromatic carbocycles. The number of aromatic nitrogens is 1. The number of aromatic amines is 1. The van der Waals surface area contributed by atoms with Gasteiger partial charge < -0.3 is 15.6 Å². The minimum Gasteiger partial charge on any atom is -0.361 e. The van der Waals surface area contributed by atoms with Crippen molar-refractivity contribution in [1.82, 2.24) is 10.3 Å². The van der Waals surface area contributed by atoms with Gasteiger partial charge in [-0.25, -0.2) is 0 Å². The largest absolute Gasteiger partial charge is 0.361 e. The van der Waals surface area contributed by atoms with Gasteiger partial charge in [-0.2, -0.15) is 0 Å². The molecule has 0 radical (unpaired) electrons. The Hall–Kier alpha value is -2.11. The number of H-pyrrole nitrogens is 1. The number of benzene rings is 1. The summed E-state index contributed by atoms with van der Waals surface area (Å²) in [6.45, 7) is 2.86. The Balaban J connectivity index is 1.54. The fourth-order valence-electron chi connectivity index (χ4n) is 3.28. The lowest BCUT2D eigenvalue weighted by Crippen LogP contribution is -2.92. The molecule has 1 aliphatic carbocycles. The molecule has 1 amide bonds. The molecule has 5 heteroatoms. The fourth-order valence-corrected chi connectivity index (χ4v) is 4.13. The van der Waals surface area contributed by atoms with Gasteiger partial charge in [0.2, 0.25) is 0 Å². The van der Waals surface area contributed by atoms with Crippen molar-refractivity contribution in [3.63, 3.8) is 0 Å². The van der Waals surface area contributed by atoms with E-state index in [1.165, 1.54) is 21.3 Å². The summed E-state index contributed by atoms with van der Waals surface area (Å²) in [4.78, 5) is 17.0. The topological polar surface area (TPSA) is 61.5 Å². The van der Waals surface area contributed by atoms with E-state index in [1.54, 1.807) is 11.3 Å². The van der Waals surface area contributed by atoms with Crippen LogP contribution in [0.25, 0.3) is 10.9 Å². The molecule has 1 saturated carbocycles. The Morgan fingerprint density at radius 1 is 1.32 bits per heavy atom. The van der Waals surface area contributed by atoms with Crippen molar-refractivity contribution in [1.29, 1.82) is 0 Å². The Labute approximate surface area is 151 Å². The Morgan fingerprint density at radius 2 is 2.16 bits per heavy atom. The van der Waals surface area contributed by atoms with Gasteiger partial charge in [-0.05, 0) is 42.8 Å². The van der Waals surface area contributed by atoms with Crippen molar-refractivity contribution in [2.75, 3.05) is 6.54 Å². The van der Waals surface area contributed by atoms with Crippen LogP contribution in [-0.4, -0.2) is 29.5 Å². The second kappa shape index (κ2) is 7.02. The molecule has 3 aromatic rings. The van der Waals surface area contributed by atoms with Crippen molar-refractivity contribution >= 4 is 28.1 Å². The van der Waals surface area contributed by atoms with Gasteiger partial charge in [0, 0.05) is 28.0 Å². The molecule has 0 bridgehead atoms. The number of carbonyl (C=O) groups is 1. The molecule has 25 heavy (non-hydrogen) atoms. The highest BCUT2D eigenvalue weighted by Gasteiger charge is 2.28. The van der Waals surface area contributed by atoms with Crippen LogP contribution < -0.4 is 10.6 Å². The maximum atomic E-state index is 12.2. The van der Waals surface area contributed by atoms with Crippen molar-refractivity contribution in [3.05, 3.63) is 58.4 Å². The number of carbonyl (C=O) groups excluding carboxylic acids is 1. The molecule has 2 atom stereocenters. The minimum absolute atomic E-state index is 0.0618. The highest BCUT2D eigenvalue weighted by Crippen LogP contribution is 2.32. The number of fused-ring (bicyclic) bond motifs is 1. The van der Waals surface area contributed by atoms with E-state index in [4.69, 9.17) is 0 Å². The first kappa shape index (κ1) is 16.4. The van der Waals surface area contributed by atoms with Gasteiger partial charge in [0.1, 0.15) is 0 Å². The Bertz CT molecular complexity index is 851. The Morgan fingerprint density at radius 3 is 2.92 bits per heavy atom. The highest BCUT2D eigenvalue weighted by atomic mass is 32.1. The highest BCUT2D eigenvalue weighted by molar-refractivity contribution is 7.10. The van der Waals surface area contributed by atoms with Gasteiger partial charge in [-0.1, -0.05) is 24.3 Å². The number of thiophene rings is 1. The lowest BCUT2D eigenvalue weighted by Gasteiger charge is -2.17. The fraction of sp³-hybridized carbons (Fsp3) is 0.350. The first-order valence-electron chi connectivity index (χ1n) is 8.95. The van der Waals surface area contributed by atoms with Crippen LogP contribution in [0, 0.1) is 0 Å². The van der Waals surface area contributed by atoms with Gasteiger partial charge in [0.15, 0.2) is 6.04 Å². The summed E-state index contributed by atoms with van der Waals surface area (Å²) in [7, 11) is 0. The van der Waals surface area contributed by atoms with Gasteiger partial charge in [-0.3, -0.25) is 4.79 Å². The molecule has 1 aliphatic rings. The van der Waals surface area contributed by atoms with Gasteiger partial charge >= 0.3 is 0 Å². The van der Waals surface area contributed by atoms with E-state index in [0.29, 0.717) is 6.04 Å². The second-order valence-electron chi connectivity index (χ2n) is 6.90. The van der Waals surface area contributed by atoms with Crippen LogP contribution in [0.4, 0.5) is 0 Å². The van der Waals surface area contributed by atoms with Gasteiger partial charge in [0.25, 0.3) is 5.91 Å². The summed E-state index contributed by atoms with van der Waals surface area (Å²) >= 11 is 1.78. The smallest absolute Gasteiger partial charge is 0.278 e. The number of amides is 1. The molecule has 0 saturated heterocycles. The Kier molecular flexibility index (Phi) is 4.59. The predicted molar refractivity (Wildman–Crippen MR) is 102 cm³/mol. The average Bonchev–Trinajstić information content (AvgIpc) is 3.12. The number of rotatable bonds is 7. The van der Waals surface area contributed by atoms with E-state index in [-0.39, 0.29) is 17.9 Å². The maximum Gasteiger partial charge on any atom is 0.278 e. The average molecular weight is 354 g/mol. The number of nitrogens with one attached hydrogen (secondary N) is 2. The van der Waals surface area contributed by atoms with Gasteiger partial charge in [0.05, 0.1) is 12.5 Å². The normalized spacial score (nSPS) is 16.7. The van der Waals surface area contributed by atoms with Crippen molar-refractivity contribution in [2.24, 2.45) is 0 Å². The lowest BCUT2D eigenvalue weighted by molar-refractivity contribution is -0.674. The monoisotopic (exact) mass is 354 g/mol. The first-order valence-corrected chi connectivity index (χ1v) is 9.83. The zero-order valence-corrected chi connectivity index (χ0v) is 15.2. The molecule has 2 aromatic heterocycles. The van der Waals surface area contributed by atoms with Crippen LogP contribution in [0.3, 0.4) is 0 Å². The first-order chi connectivity index (χ1) is 12.2. The van der Waals surface area contributed by atoms with Crippen LogP contribution >= 0.6 is 11.3 Å². The summed E-state index contributed by atoms with van der Waals surface area (Å²) in [6, 6.07) is 13.1. The number of hydrogen-bond donors (Lipinski definition) is 3. The van der Waals surface area contributed by atoms with E-state index in [0.717, 1.165) is 19.4 Å². The molecule has 4 nitrogen and oxygen atoms in total. The van der Waals surface area contributed by atoms with Crippen molar-refractivity contribution < 1.29 is 10.1 Å². The van der Waals surface area contributed by atoms with E-state index >= 15 is 0 Å². The second-order valence-corrected chi connectivity index (χ2v) is 7.88. The summed E-state index contributed by atoms with van der Waals surface area (Å²) < 4.78 is 0. The van der Waals surface area contributed by atoms with Crippen LogP contribution in [0.1, 0.15) is 36.1 Å². The zero-order valence-electron chi connectivity index (χ0n) is 14.4. The summed E-state index contributed by atoms with van der Waals surface area (Å²) in [5.41, 5.74) is 2.47. The quantitative estimate of drug-likeness (QED) is 0.600. The molecule has 0 unspecified atom stereocenters. The van der Waals surface area contributed by atoms with Crippen molar-refractivity contribution in [2.45, 2.75) is 37.8 Å². The molecule has 4 rings (SSSR count). The standard InChI is InChI=1S/C20H23N3OS/c1-13(20(24)23-14-8-9-14)21-12-17(19-7-4-10-25-19)16-11-22-18-6-3-2-5-15(16)18/h2-7,10-11,13-14,17,21-22H,8-9,12H2,1H3,(H,23,24)/p+1/t13-,17+/m1/s1. The van der Waals surface area contributed by atoms with Crippen LogP contribution in [0.2, 0.25) is 0 Å². The minimum atomic E-state index is -0.0618. The summed E-state index contributed by atoms with van der Waals surface area (Å²) in [5.74, 6) is 0.443. The zero-order chi connectivity index (χ0) is 17.2. The number of quaternary nitrogens is 1. The van der Waals surface area contributed by atoms with Crippen LogP contribution in [0.5, 0.6) is 0 Å². The van der Waals surface area contributed by atoms with E-state index < -0.39 is 0 Å². The number of nitrogens with two attached hydrogens (primary N) is 1. The molecule has 2 heterocycles. The summed E-state index contributed by atoms with van der Waals surface area (Å²) in [6.07, 6.45) is 4.38. The third kappa shape index (κ3) is 3.62. The molecule has 0 aliphatic heterocycles. The molecule has 0 spiro atoms. The third-order valence-corrected chi connectivity index (χ3v) is 5.93. The summed E-state index contributed by atoms with van der Waals surface area (Å²) in [5, 5.41) is 8.67. The molecule has 130 valence electrons.